The van der Waals surface area contributed by atoms with Gasteiger partial charge in [-0.15, -0.1) is 0 Å². The molecule has 0 aromatic rings. The van der Waals surface area contributed by atoms with Crippen molar-refractivity contribution >= 4 is 11.7 Å². The molecule has 2 rings (SSSR count). The fraction of sp³-hybridized carbons (Fsp3) is 0.905. The zero-order chi connectivity index (χ0) is 18.8. The summed E-state index contributed by atoms with van der Waals surface area (Å²) in [5, 5.41) is 3.13. The second-order valence-corrected chi connectivity index (χ2v) is 7.76. The van der Waals surface area contributed by atoms with Crippen LogP contribution in [0.25, 0.3) is 0 Å². The number of nitrogens with one attached hydrogen (secondary N) is 1. The van der Waals surface area contributed by atoms with Crippen LogP contribution in [0.2, 0.25) is 0 Å². The maximum atomic E-state index is 12.1. The molecule has 0 radical (unpaired) electrons. The summed E-state index contributed by atoms with van der Waals surface area (Å²) in [4.78, 5) is 23.8. The van der Waals surface area contributed by atoms with E-state index in [1.54, 1.807) is 0 Å². The standard InChI is InChI=1S/C21H37NO4/c1-3-20(23)16-7-9-17(10-8-16)22-21(24)6-5-15-26-19-13-11-18(12-14-19)25-4-2/h16-19H,3-15H2,1-2H3,(H,22,24). The van der Waals surface area contributed by atoms with E-state index in [4.69, 9.17) is 9.47 Å². The Hall–Kier alpha value is -0.940. The molecular weight excluding hydrogens is 330 g/mol. The van der Waals surface area contributed by atoms with Gasteiger partial charge >= 0.3 is 0 Å². The molecule has 1 N–H and O–H groups in total. The molecule has 0 bridgehead atoms. The highest BCUT2D eigenvalue weighted by molar-refractivity contribution is 5.80. The Kier molecular flexibility index (Phi) is 9.62. The van der Waals surface area contributed by atoms with Crippen molar-refractivity contribution in [2.24, 2.45) is 5.92 Å². The maximum absolute atomic E-state index is 12.1. The van der Waals surface area contributed by atoms with Crippen molar-refractivity contribution in [1.29, 1.82) is 0 Å². The zero-order valence-electron chi connectivity index (χ0n) is 16.6. The summed E-state index contributed by atoms with van der Waals surface area (Å²) in [6.07, 6.45) is 10.7. The van der Waals surface area contributed by atoms with Gasteiger partial charge in [-0.1, -0.05) is 6.92 Å². The zero-order valence-corrected chi connectivity index (χ0v) is 16.6. The lowest BCUT2D eigenvalue weighted by atomic mass is 9.83. The van der Waals surface area contributed by atoms with Gasteiger partial charge in [0.05, 0.1) is 12.2 Å². The van der Waals surface area contributed by atoms with E-state index in [-0.39, 0.29) is 17.9 Å². The molecule has 2 aliphatic carbocycles. The summed E-state index contributed by atoms with van der Waals surface area (Å²) < 4.78 is 11.6. The third kappa shape index (κ3) is 7.36. The Labute approximate surface area is 158 Å². The van der Waals surface area contributed by atoms with E-state index in [9.17, 15) is 9.59 Å². The summed E-state index contributed by atoms with van der Waals surface area (Å²) in [5.41, 5.74) is 0. The smallest absolute Gasteiger partial charge is 0.220 e. The van der Waals surface area contributed by atoms with Crippen molar-refractivity contribution in [3.63, 3.8) is 0 Å². The molecule has 1 amide bonds. The van der Waals surface area contributed by atoms with Crippen LogP contribution in [0, 0.1) is 5.92 Å². The molecule has 5 heteroatoms. The molecule has 2 fully saturated rings. The summed E-state index contributed by atoms with van der Waals surface area (Å²) in [7, 11) is 0. The van der Waals surface area contributed by atoms with Crippen molar-refractivity contribution in [1.82, 2.24) is 5.32 Å². The third-order valence-corrected chi connectivity index (χ3v) is 5.82. The predicted molar refractivity (Wildman–Crippen MR) is 102 cm³/mol. The summed E-state index contributed by atoms with van der Waals surface area (Å²) in [6.45, 7) is 5.43. The SMILES string of the molecule is CCOC1CCC(OCCCC(=O)NC2CCC(C(=O)CC)CC2)CC1. The number of hydrogen-bond acceptors (Lipinski definition) is 4. The maximum Gasteiger partial charge on any atom is 0.220 e. The molecule has 2 aliphatic rings. The first-order valence-corrected chi connectivity index (χ1v) is 10.7. The Balaban J connectivity index is 1.50. The quantitative estimate of drug-likeness (QED) is 0.597. The Morgan fingerprint density at radius 2 is 1.50 bits per heavy atom. The van der Waals surface area contributed by atoms with Gasteiger partial charge in [0.15, 0.2) is 0 Å². The fourth-order valence-corrected chi connectivity index (χ4v) is 4.23. The largest absolute Gasteiger partial charge is 0.379 e. The molecule has 2 saturated carbocycles. The minimum absolute atomic E-state index is 0.124. The average molecular weight is 368 g/mol. The van der Waals surface area contributed by atoms with Gasteiger partial charge < -0.3 is 14.8 Å². The van der Waals surface area contributed by atoms with Gasteiger partial charge in [0.25, 0.3) is 0 Å². The van der Waals surface area contributed by atoms with Gasteiger partial charge in [0, 0.05) is 38.0 Å². The average Bonchev–Trinajstić information content (AvgIpc) is 2.67. The molecule has 0 aromatic heterocycles. The molecule has 0 aliphatic heterocycles. The number of amides is 1. The van der Waals surface area contributed by atoms with Gasteiger partial charge in [-0.2, -0.15) is 0 Å². The highest BCUT2D eigenvalue weighted by Crippen LogP contribution is 2.26. The molecular formula is C21H37NO4. The molecule has 150 valence electrons. The molecule has 0 unspecified atom stereocenters. The molecule has 0 aromatic carbocycles. The third-order valence-electron chi connectivity index (χ3n) is 5.82. The van der Waals surface area contributed by atoms with E-state index in [1.807, 2.05) is 13.8 Å². The Morgan fingerprint density at radius 3 is 2.08 bits per heavy atom. The van der Waals surface area contributed by atoms with Crippen molar-refractivity contribution in [3.05, 3.63) is 0 Å². The van der Waals surface area contributed by atoms with E-state index in [2.05, 4.69) is 5.32 Å². The minimum Gasteiger partial charge on any atom is -0.379 e. The molecule has 0 atom stereocenters. The van der Waals surface area contributed by atoms with E-state index in [0.29, 0.717) is 37.4 Å². The number of Topliss-reactive ketones (excluding diaryl/α,β-unsaturated/α-hetero) is 1. The molecule has 0 spiro atoms. The van der Waals surface area contributed by atoms with Crippen molar-refractivity contribution in [2.75, 3.05) is 13.2 Å². The van der Waals surface area contributed by atoms with Crippen LogP contribution in [-0.2, 0) is 19.1 Å². The fourth-order valence-electron chi connectivity index (χ4n) is 4.23. The van der Waals surface area contributed by atoms with Crippen molar-refractivity contribution in [3.8, 4) is 0 Å². The van der Waals surface area contributed by atoms with Gasteiger partial charge in [-0.3, -0.25) is 9.59 Å². The van der Waals surface area contributed by atoms with Gasteiger partial charge in [0.1, 0.15) is 5.78 Å². The van der Waals surface area contributed by atoms with Gasteiger partial charge in [-0.05, 0) is 64.7 Å². The first-order chi connectivity index (χ1) is 12.6. The number of ketones is 1. The van der Waals surface area contributed by atoms with Crippen LogP contribution in [0.4, 0.5) is 0 Å². The van der Waals surface area contributed by atoms with Crippen LogP contribution in [0.5, 0.6) is 0 Å². The Morgan fingerprint density at radius 1 is 0.885 bits per heavy atom. The van der Waals surface area contributed by atoms with Gasteiger partial charge in [0.2, 0.25) is 5.91 Å². The number of hydrogen-bond donors (Lipinski definition) is 1. The summed E-state index contributed by atoms with van der Waals surface area (Å²) in [5.74, 6) is 0.723. The van der Waals surface area contributed by atoms with E-state index < -0.39 is 0 Å². The first kappa shape index (κ1) is 21.4. The molecule has 0 heterocycles. The van der Waals surface area contributed by atoms with E-state index >= 15 is 0 Å². The van der Waals surface area contributed by atoms with E-state index in [0.717, 1.165) is 64.4 Å². The second-order valence-electron chi connectivity index (χ2n) is 7.76. The first-order valence-electron chi connectivity index (χ1n) is 10.7. The molecule has 0 saturated heterocycles. The van der Waals surface area contributed by atoms with E-state index in [1.165, 1.54) is 0 Å². The van der Waals surface area contributed by atoms with Crippen molar-refractivity contribution < 1.29 is 19.1 Å². The van der Waals surface area contributed by atoms with Crippen LogP contribution in [-0.4, -0.2) is 43.2 Å². The predicted octanol–water partition coefficient (Wildman–Crippen LogP) is 3.79. The number of ether oxygens (including phenoxy) is 2. The lowest BCUT2D eigenvalue weighted by molar-refractivity contribution is -0.124. The van der Waals surface area contributed by atoms with Crippen LogP contribution in [0.15, 0.2) is 0 Å². The monoisotopic (exact) mass is 367 g/mol. The van der Waals surface area contributed by atoms with Gasteiger partial charge in [-0.25, -0.2) is 0 Å². The lowest BCUT2D eigenvalue weighted by Gasteiger charge is -2.29. The highest BCUT2D eigenvalue weighted by Gasteiger charge is 2.26. The summed E-state index contributed by atoms with van der Waals surface area (Å²) >= 11 is 0. The van der Waals surface area contributed by atoms with Crippen LogP contribution >= 0.6 is 0 Å². The highest BCUT2D eigenvalue weighted by atomic mass is 16.5. The Bertz CT molecular complexity index is 424. The van der Waals surface area contributed by atoms with Crippen molar-refractivity contribution in [2.45, 2.75) is 103 Å². The molecule has 5 nitrogen and oxygen atoms in total. The number of carbonyl (C=O) groups excluding carboxylic acids is 2. The van der Waals surface area contributed by atoms with Crippen LogP contribution in [0.3, 0.4) is 0 Å². The van der Waals surface area contributed by atoms with Crippen LogP contribution < -0.4 is 5.32 Å². The second kappa shape index (κ2) is 11.7. The lowest BCUT2D eigenvalue weighted by Crippen LogP contribution is -2.38. The number of rotatable bonds is 10. The summed E-state index contributed by atoms with van der Waals surface area (Å²) in [6, 6.07) is 0.248. The minimum atomic E-state index is 0.124. The van der Waals surface area contributed by atoms with Crippen LogP contribution in [0.1, 0.15) is 84.5 Å². The number of carbonyl (C=O) groups is 2. The molecule has 26 heavy (non-hydrogen) atoms. The topological polar surface area (TPSA) is 64.6 Å². The normalized spacial score (nSPS) is 29.3.